The normalized spacial score (nSPS) is 11.6. The molecule has 3 N–H and O–H groups in total. The first-order valence-corrected chi connectivity index (χ1v) is 8.86. The lowest BCUT2D eigenvalue weighted by Gasteiger charge is -2.25. The number of pyridine rings is 3. The van der Waals surface area contributed by atoms with Gasteiger partial charge < -0.3 is 20.3 Å². The Hall–Kier alpha value is -2.64. The van der Waals surface area contributed by atoms with E-state index in [1.54, 1.807) is 25.5 Å². The number of nitrogens with one attached hydrogen (secondary N) is 2. The maximum Gasteiger partial charge on any atom is 0.261 e. The molecule has 3 heterocycles. The predicted octanol–water partition coefficient (Wildman–Crippen LogP) is 3.22. The van der Waals surface area contributed by atoms with E-state index in [-0.39, 0.29) is 12.2 Å². The van der Waals surface area contributed by atoms with E-state index in [1.807, 2.05) is 32.9 Å². The molecule has 0 amide bonds. The van der Waals surface area contributed by atoms with Gasteiger partial charge in [0.15, 0.2) is 0 Å². The maximum atomic E-state index is 12.6. The number of anilines is 3. The average molecular weight is 388 g/mol. The van der Waals surface area contributed by atoms with Crippen LogP contribution in [0.4, 0.5) is 17.5 Å². The first-order valence-electron chi connectivity index (χ1n) is 8.49. The molecule has 7 nitrogen and oxygen atoms in total. The second kappa shape index (κ2) is 7.17. The molecule has 8 heteroatoms. The molecule has 3 aromatic heterocycles. The summed E-state index contributed by atoms with van der Waals surface area (Å²) in [4.78, 5) is 21.5. The Morgan fingerprint density at radius 2 is 2.04 bits per heavy atom. The summed E-state index contributed by atoms with van der Waals surface area (Å²) in [5, 5.41) is 17.7. The summed E-state index contributed by atoms with van der Waals surface area (Å²) in [5.41, 5.74) is 0.0842. The number of aryl methyl sites for hydroxylation is 2. The lowest BCUT2D eigenvalue weighted by atomic mass is 10.1. The maximum absolute atomic E-state index is 12.6. The third-order valence-corrected chi connectivity index (χ3v) is 4.61. The van der Waals surface area contributed by atoms with Crippen molar-refractivity contribution >= 4 is 39.8 Å². The van der Waals surface area contributed by atoms with Gasteiger partial charge in [-0.2, -0.15) is 0 Å². The summed E-state index contributed by atoms with van der Waals surface area (Å²) < 4.78 is 1.50. The standard InChI is InChI=1S/C19H22ClN5O2/c1-11-7-14(21-9-13(11)20)22-15-8-12-5-6-25(4)18(27)16(12)17(23-15)24-19(2,3)10-26/h5-9,26H,10H2,1-4H3,(H2,21,22,23,24). The Balaban J connectivity index is 2.13. The number of rotatable bonds is 5. The van der Waals surface area contributed by atoms with Gasteiger partial charge in [0, 0.05) is 19.4 Å². The van der Waals surface area contributed by atoms with Crippen molar-refractivity contribution in [1.29, 1.82) is 0 Å². The van der Waals surface area contributed by atoms with E-state index in [9.17, 15) is 9.90 Å². The fourth-order valence-corrected chi connectivity index (χ4v) is 2.71. The van der Waals surface area contributed by atoms with Gasteiger partial charge in [-0.25, -0.2) is 9.97 Å². The van der Waals surface area contributed by atoms with E-state index in [0.29, 0.717) is 27.9 Å². The number of aliphatic hydroxyl groups excluding tert-OH is 1. The van der Waals surface area contributed by atoms with Gasteiger partial charge in [0.05, 0.1) is 22.6 Å². The van der Waals surface area contributed by atoms with Crippen molar-refractivity contribution in [2.45, 2.75) is 26.3 Å². The number of halogens is 1. The third-order valence-electron chi connectivity index (χ3n) is 4.22. The summed E-state index contributed by atoms with van der Waals surface area (Å²) in [7, 11) is 1.69. The number of nitrogens with zero attached hydrogens (tertiary/aromatic N) is 3. The average Bonchev–Trinajstić information content (AvgIpc) is 2.61. The number of aliphatic hydroxyl groups is 1. The summed E-state index contributed by atoms with van der Waals surface area (Å²) in [6.45, 7) is 5.44. The minimum atomic E-state index is -0.644. The van der Waals surface area contributed by atoms with Gasteiger partial charge in [0.2, 0.25) is 0 Å². The van der Waals surface area contributed by atoms with Crippen molar-refractivity contribution in [2.24, 2.45) is 7.05 Å². The van der Waals surface area contributed by atoms with E-state index in [1.165, 1.54) is 4.57 Å². The minimum absolute atomic E-state index is 0.112. The zero-order valence-corrected chi connectivity index (χ0v) is 16.4. The molecule has 0 aliphatic carbocycles. The molecule has 0 aliphatic rings. The number of aromatic nitrogens is 3. The molecule has 0 bridgehead atoms. The second-order valence-electron chi connectivity index (χ2n) is 7.16. The Kier molecular flexibility index (Phi) is 5.08. The van der Waals surface area contributed by atoms with Gasteiger partial charge >= 0.3 is 0 Å². The van der Waals surface area contributed by atoms with Crippen molar-refractivity contribution in [3.05, 3.63) is 51.5 Å². The monoisotopic (exact) mass is 387 g/mol. The van der Waals surface area contributed by atoms with Crippen LogP contribution in [0, 0.1) is 6.92 Å². The Morgan fingerprint density at radius 1 is 1.30 bits per heavy atom. The van der Waals surface area contributed by atoms with Crippen molar-refractivity contribution in [1.82, 2.24) is 14.5 Å². The molecule has 142 valence electrons. The molecule has 0 unspecified atom stereocenters. The van der Waals surface area contributed by atoms with Crippen LogP contribution in [0.15, 0.2) is 35.4 Å². The van der Waals surface area contributed by atoms with Crippen LogP contribution < -0.4 is 16.2 Å². The van der Waals surface area contributed by atoms with E-state index in [2.05, 4.69) is 20.6 Å². The number of hydrogen-bond acceptors (Lipinski definition) is 6. The largest absolute Gasteiger partial charge is 0.394 e. The van der Waals surface area contributed by atoms with Gasteiger partial charge in [-0.15, -0.1) is 0 Å². The molecular weight excluding hydrogens is 366 g/mol. The summed E-state index contributed by atoms with van der Waals surface area (Å²) >= 11 is 6.03. The fraction of sp³-hybridized carbons (Fsp3) is 0.316. The predicted molar refractivity (Wildman–Crippen MR) is 109 cm³/mol. The molecule has 0 atom stereocenters. The Labute approximate surface area is 162 Å². The van der Waals surface area contributed by atoms with Crippen LogP contribution in [0.2, 0.25) is 5.02 Å². The first-order chi connectivity index (χ1) is 12.7. The van der Waals surface area contributed by atoms with Crippen LogP contribution in [0.1, 0.15) is 19.4 Å². The zero-order valence-electron chi connectivity index (χ0n) is 15.7. The number of fused-ring (bicyclic) bond motifs is 1. The van der Waals surface area contributed by atoms with Crippen LogP contribution in [-0.2, 0) is 7.05 Å². The topological polar surface area (TPSA) is 92.1 Å². The lowest BCUT2D eigenvalue weighted by molar-refractivity contribution is 0.234. The van der Waals surface area contributed by atoms with E-state index in [0.717, 1.165) is 10.9 Å². The van der Waals surface area contributed by atoms with Gasteiger partial charge in [0.1, 0.15) is 17.5 Å². The summed E-state index contributed by atoms with van der Waals surface area (Å²) in [6.07, 6.45) is 3.28. The molecule has 3 aromatic rings. The second-order valence-corrected chi connectivity index (χ2v) is 7.57. The van der Waals surface area contributed by atoms with Crippen molar-refractivity contribution in [3.8, 4) is 0 Å². The minimum Gasteiger partial charge on any atom is -0.394 e. The Bertz CT molecular complexity index is 1060. The quantitative estimate of drug-likeness (QED) is 0.622. The Morgan fingerprint density at radius 3 is 2.70 bits per heavy atom. The van der Waals surface area contributed by atoms with Crippen molar-refractivity contribution in [3.63, 3.8) is 0 Å². The number of hydrogen-bond donors (Lipinski definition) is 3. The van der Waals surface area contributed by atoms with Crippen LogP contribution >= 0.6 is 11.6 Å². The van der Waals surface area contributed by atoms with Gasteiger partial charge in [-0.3, -0.25) is 4.79 Å². The molecule has 0 aromatic carbocycles. The lowest BCUT2D eigenvalue weighted by Crippen LogP contribution is -2.36. The summed E-state index contributed by atoms with van der Waals surface area (Å²) in [5.74, 6) is 1.53. The molecule has 0 radical (unpaired) electrons. The van der Waals surface area contributed by atoms with Crippen molar-refractivity contribution in [2.75, 3.05) is 17.2 Å². The van der Waals surface area contributed by atoms with Crippen LogP contribution in [-0.4, -0.2) is 31.8 Å². The summed E-state index contributed by atoms with van der Waals surface area (Å²) in [6, 6.07) is 5.46. The van der Waals surface area contributed by atoms with E-state index in [4.69, 9.17) is 11.6 Å². The fourth-order valence-electron chi connectivity index (χ4n) is 2.61. The highest BCUT2D eigenvalue weighted by atomic mass is 35.5. The molecule has 0 spiro atoms. The van der Waals surface area contributed by atoms with E-state index < -0.39 is 5.54 Å². The van der Waals surface area contributed by atoms with Crippen molar-refractivity contribution < 1.29 is 5.11 Å². The molecule has 0 saturated carbocycles. The first kappa shape index (κ1) is 19.1. The van der Waals surface area contributed by atoms with Crippen LogP contribution in [0.5, 0.6) is 0 Å². The zero-order chi connectivity index (χ0) is 19.8. The van der Waals surface area contributed by atoms with Crippen LogP contribution in [0.25, 0.3) is 10.8 Å². The molecule has 0 fully saturated rings. The highest BCUT2D eigenvalue weighted by Crippen LogP contribution is 2.26. The van der Waals surface area contributed by atoms with Crippen LogP contribution in [0.3, 0.4) is 0 Å². The smallest absolute Gasteiger partial charge is 0.261 e. The van der Waals surface area contributed by atoms with Gasteiger partial charge in [0.25, 0.3) is 5.56 Å². The van der Waals surface area contributed by atoms with E-state index >= 15 is 0 Å². The SMILES string of the molecule is Cc1cc(Nc2cc3ccn(C)c(=O)c3c(NC(C)(C)CO)n2)ncc1Cl. The molecule has 0 saturated heterocycles. The molecule has 27 heavy (non-hydrogen) atoms. The highest BCUT2D eigenvalue weighted by Gasteiger charge is 2.20. The molecular formula is C19H22ClN5O2. The molecule has 3 rings (SSSR count). The molecule has 0 aliphatic heterocycles. The highest BCUT2D eigenvalue weighted by molar-refractivity contribution is 6.31. The van der Waals surface area contributed by atoms with Gasteiger partial charge in [-0.1, -0.05) is 11.6 Å². The third kappa shape index (κ3) is 4.04. The van der Waals surface area contributed by atoms with Gasteiger partial charge in [-0.05, 0) is 49.9 Å².